The summed E-state index contributed by atoms with van der Waals surface area (Å²) in [6.45, 7) is 14.1. The number of carboxylic acid groups (broad SMARTS) is 18. The van der Waals surface area contributed by atoms with E-state index in [-0.39, 0.29) is 207 Å². The fourth-order valence-electron chi connectivity index (χ4n) is 7.77. The minimum absolute atomic E-state index is 0. The third kappa shape index (κ3) is 191. The van der Waals surface area contributed by atoms with Crippen LogP contribution in [0.3, 0.4) is 0 Å². The predicted molar refractivity (Wildman–Crippen MR) is 448 cm³/mol. The molecule has 56 heteroatoms. The molecular formula is C70H138Cl2N12O36Pt6-6. The maximum Gasteiger partial charge on any atom is 2.00 e. The number of nitrogens with one attached hydrogen (secondary N) is 9. The zero-order valence-corrected chi connectivity index (χ0v) is 87.7. The van der Waals surface area contributed by atoms with Crippen molar-refractivity contribution in [1.82, 2.24) is 0 Å². The summed E-state index contributed by atoms with van der Waals surface area (Å²) in [6.07, 6.45) is 23.9. The molecule has 7 rings (SSSR count). The molecule has 33 N–H and O–H groups in total. The van der Waals surface area contributed by atoms with E-state index in [1.807, 2.05) is 0 Å². The van der Waals surface area contributed by atoms with Crippen molar-refractivity contribution in [1.29, 1.82) is 0 Å². The molecule has 0 aromatic heterocycles. The van der Waals surface area contributed by atoms with Gasteiger partial charge in [0.1, 0.15) is 0 Å². The molecule has 8 unspecified atom stereocenters. The Morgan fingerprint density at radius 1 is 0.262 bits per heavy atom. The molecule has 7 fully saturated rings. The SMILES string of the molecule is CC(=O)O.CC(=O)O.CC(=O)O.CC(=O)O.CC(=O)O.CC(=O)O.CC(=O)O.CC(=O)O.CC(=O)O.CC(=O)O.CC(=O)O.CC(=O)O.O=C(O)C(=O)O.O=C(O)C1(C(=O)O)CCC1.O=C(O)C1(C(=O)O)CCC1.[CH3-].[CH3-].[Cl][Pt+2][Cl].[NH-]C1CCCCC1.[NH-]C1CCCCC1[NH-].[NH-]C1CCCCC1[NH-].[NH-]C1CCCCC1[NH-].[NH-]CC1CCC1C[NH-].[NH2-].[NH2-].[NH2-].[Pt+2].[Pt+2].[Pt+2].[Pt].[Pt]. The number of hydrogen-bond acceptors (Lipinski definition) is 18. The average molecular weight is 2970 g/mol. The van der Waals surface area contributed by atoms with Crippen molar-refractivity contribution in [2.75, 3.05) is 13.1 Å². The predicted octanol–water partition coefficient (Wildman–Crippen LogP) is 17.0. The smallest absolute Gasteiger partial charge is 0.693 e. The molecule has 7 saturated carbocycles. The molecule has 0 spiro atoms. The Morgan fingerprint density at radius 3 is 0.413 bits per heavy atom. The monoisotopic (exact) mass is 2960 g/mol. The van der Waals surface area contributed by atoms with Gasteiger partial charge in [0.15, 0.2) is 10.8 Å². The summed E-state index contributed by atoms with van der Waals surface area (Å²) in [6, 6.07) is -0.193. The molecular weight excluding hydrogens is 2830 g/mol. The van der Waals surface area contributed by atoms with Crippen LogP contribution in [0.15, 0.2) is 0 Å². The van der Waals surface area contributed by atoms with E-state index >= 15 is 0 Å². The van der Waals surface area contributed by atoms with Crippen LogP contribution in [-0.4, -0.2) is 255 Å². The van der Waals surface area contributed by atoms with Crippen LogP contribution in [0.1, 0.15) is 244 Å². The molecule has 0 aromatic carbocycles. The summed E-state index contributed by atoms with van der Waals surface area (Å²) in [5.74, 6) is -17.3. The van der Waals surface area contributed by atoms with Crippen molar-refractivity contribution in [3.05, 3.63) is 84.9 Å². The molecule has 0 radical (unpaired) electrons. The first kappa shape index (κ1) is 185. The molecule has 0 heterocycles. The van der Waals surface area contributed by atoms with E-state index in [9.17, 15) is 19.2 Å². The topological polar surface area (TPSA) is 986 Å². The second kappa shape index (κ2) is 126. The van der Waals surface area contributed by atoms with Crippen LogP contribution in [0, 0.1) is 37.5 Å². The largest absolute Gasteiger partial charge is 2.00 e. The Hall–Kier alpha value is -5.31. The summed E-state index contributed by atoms with van der Waals surface area (Å²) in [5, 5.41) is 138. The van der Waals surface area contributed by atoms with Gasteiger partial charge in [-0.25, -0.2) is 9.59 Å². The van der Waals surface area contributed by atoms with Crippen LogP contribution in [0.5, 0.6) is 0 Å². The maximum atomic E-state index is 10.4. The van der Waals surface area contributed by atoms with Crippen molar-refractivity contribution in [2.24, 2.45) is 22.7 Å². The maximum absolute atomic E-state index is 10.4. The third-order valence-electron chi connectivity index (χ3n) is 13.2. The van der Waals surface area contributed by atoms with Gasteiger partial charge in [-0.2, -0.15) is 36.3 Å². The standard InChI is InChI=1S/4C6H12N2.C6H12N.2C6H8O4.C2H2O4.12C2H4O2.2CH3.2ClH.3H2N.6Pt/c7-3-5-1-2-6(5)4-8;3*7-5-3-1-2-4-6(5)8;7-6-4-2-1-3-5-6;2*7-4(8)6(5(9)10)2-1-3-6;3-1(4)2(5)6;12*1-2(3)4;;;;;;;;;;;;;/h4*5-8H,1-4H2;6-7H,1-5H2;2*1-3H2,(H,7,8)(H,9,10);(H,3,4)(H,5,6);12*1H3,(H,3,4);2*1H3;2*1H;3*1H2;;;;;;/q4*-2;-1;;;;;;;;;;;;;;;;2*-1;;;3*-1;;;3*+2;+4/p-2. The number of hydrogen-bond donors (Lipinski definition) is 18. The number of carbonyl (C=O) groups is 18. The number of rotatable bonds is 6. The van der Waals surface area contributed by atoms with E-state index in [4.69, 9.17) is 229 Å². The van der Waals surface area contributed by atoms with E-state index in [1.165, 1.54) is 70.6 Å². The Balaban J connectivity index is -0.0000000397. The van der Waals surface area contributed by atoms with Gasteiger partial charge < -0.3 is 177 Å². The zero-order chi connectivity index (χ0) is 95.4. The number of aliphatic carboxylic acids is 18. The van der Waals surface area contributed by atoms with Crippen LogP contribution >= 0.6 is 18.8 Å². The molecule has 48 nitrogen and oxygen atoms in total. The molecule has 0 aromatic rings. The van der Waals surface area contributed by atoms with Gasteiger partial charge in [-0.05, 0) is 38.5 Å². The van der Waals surface area contributed by atoms with Gasteiger partial charge in [-0.15, -0.1) is 19.1 Å². The first-order valence-corrected chi connectivity index (χ1v) is 40.2. The summed E-state index contributed by atoms with van der Waals surface area (Å²) in [7, 11) is 9.75. The van der Waals surface area contributed by atoms with Gasteiger partial charge in [-0.3, -0.25) is 76.7 Å². The summed E-state index contributed by atoms with van der Waals surface area (Å²) in [4.78, 5) is 168. The Morgan fingerprint density at radius 2 is 0.373 bits per heavy atom. The second-order valence-electron chi connectivity index (χ2n) is 24.3. The molecule has 8 atom stereocenters. The van der Waals surface area contributed by atoms with Crippen molar-refractivity contribution in [2.45, 2.75) is 286 Å². The van der Waals surface area contributed by atoms with Gasteiger partial charge in [-0.1, -0.05) is 134 Å². The zero-order valence-electron chi connectivity index (χ0n) is 72.6. The van der Waals surface area contributed by atoms with Gasteiger partial charge in [0.05, 0.1) is 0 Å². The molecule has 126 heavy (non-hydrogen) atoms. The second-order valence-corrected chi connectivity index (χ2v) is 27.6. The molecule has 0 saturated heterocycles. The van der Waals surface area contributed by atoms with Crippen molar-refractivity contribution in [3.63, 3.8) is 0 Å². The van der Waals surface area contributed by atoms with Crippen molar-refractivity contribution in [3.8, 4) is 0 Å². The number of carboxylic acids is 18. The first-order valence-electron chi connectivity index (χ1n) is 34.6. The first-order chi connectivity index (χ1) is 52.7. The summed E-state index contributed by atoms with van der Waals surface area (Å²) >= 11 is -0.472. The van der Waals surface area contributed by atoms with Crippen LogP contribution < -0.4 is 0 Å². The van der Waals surface area contributed by atoms with Gasteiger partial charge in [0, 0.05) is 125 Å². The number of halogens is 2. The van der Waals surface area contributed by atoms with Crippen LogP contribution in [0.2, 0.25) is 0 Å². The van der Waals surface area contributed by atoms with E-state index in [0.29, 0.717) is 37.8 Å². The minimum atomic E-state index is -1.82. The number of nitrogens with two attached hydrogens (primary N) is 3. The van der Waals surface area contributed by atoms with Crippen LogP contribution in [0.4, 0.5) is 0 Å². The average Bonchev–Trinajstić information content (AvgIpc) is 0.797. The van der Waals surface area contributed by atoms with Crippen LogP contribution in [-0.2, 0) is 208 Å². The molecule has 774 valence electrons. The molecule has 7 aliphatic carbocycles. The fraction of sp³-hybridized carbons (Fsp3) is 0.714. The fourth-order valence-corrected chi connectivity index (χ4v) is 7.77. The van der Waals surface area contributed by atoms with Gasteiger partial charge in [0.25, 0.3) is 71.6 Å². The van der Waals surface area contributed by atoms with E-state index in [0.717, 1.165) is 134 Å². The third-order valence-corrected chi connectivity index (χ3v) is 13.2. The minimum Gasteiger partial charge on any atom is -0.693 e. The van der Waals surface area contributed by atoms with Gasteiger partial charge in [0.2, 0.25) is 0 Å². The van der Waals surface area contributed by atoms with Crippen molar-refractivity contribution >= 4 is 126 Å². The van der Waals surface area contributed by atoms with E-state index < -0.39 is 135 Å². The Kier molecular flexibility index (Phi) is 185. The van der Waals surface area contributed by atoms with E-state index in [2.05, 4.69) is 0 Å². The summed E-state index contributed by atoms with van der Waals surface area (Å²) in [5.41, 5.74) is 62.1. The molecule has 0 aliphatic heterocycles. The van der Waals surface area contributed by atoms with E-state index in [1.54, 1.807) is 0 Å². The summed E-state index contributed by atoms with van der Waals surface area (Å²) < 4.78 is 0. The van der Waals surface area contributed by atoms with Gasteiger partial charge >= 0.3 is 134 Å². The molecule has 0 amide bonds. The molecule has 0 bridgehead atoms. The quantitative estimate of drug-likeness (QED) is 0.0667. The normalized spacial score (nSPS) is 17.6. The van der Waals surface area contributed by atoms with Crippen LogP contribution in [0.25, 0.3) is 70.1 Å². The van der Waals surface area contributed by atoms with Crippen molar-refractivity contribution < 1.29 is 300 Å². The Bertz CT molecular complexity index is 2240. The molecule has 7 aliphatic rings. The Labute approximate surface area is 826 Å².